The number of benzene rings is 1. The number of esters is 1. The number of fused-ring (bicyclic) bond motifs is 2. The maximum atomic E-state index is 14.5. The van der Waals surface area contributed by atoms with Crippen LogP contribution in [0.4, 0.5) is 14.4 Å². The predicted octanol–water partition coefficient (Wildman–Crippen LogP) is 5.06. The number of alkyl carbamates (subject to hydrolysis) is 3. The minimum absolute atomic E-state index is 0.00114. The lowest BCUT2D eigenvalue weighted by Gasteiger charge is -2.31. The number of nitrogens with one attached hydrogen (secondary N) is 5. The van der Waals surface area contributed by atoms with Crippen molar-refractivity contribution in [1.82, 2.24) is 31.5 Å². The summed E-state index contributed by atoms with van der Waals surface area (Å²) in [6.45, 7) is 23.4. The van der Waals surface area contributed by atoms with E-state index in [0.717, 1.165) is 0 Å². The second-order valence-electron chi connectivity index (χ2n) is 19.2. The topological polar surface area (TPSA) is 264 Å². The Morgan fingerprint density at radius 1 is 0.794 bits per heavy atom. The lowest BCUT2D eigenvalue weighted by Crippen LogP contribution is -2.54. The molecular weight excluding hydrogens is 883 g/mol. The lowest BCUT2D eigenvalue weighted by atomic mass is 9.95. The first-order valence-corrected chi connectivity index (χ1v) is 22.6. The van der Waals surface area contributed by atoms with E-state index in [-0.39, 0.29) is 68.3 Å². The number of methoxy groups -OCH3 is 1. The van der Waals surface area contributed by atoms with E-state index in [0.29, 0.717) is 24.0 Å². The van der Waals surface area contributed by atoms with E-state index in [1.165, 1.54) is 26.0 Å². The van der Waals surface area contributed by atoms with Crippen LogP contribution < -0.4 is 37.1 Å². The van der Waals surface area contributed by atoms with Gasteiger partial charge in [-0.2, -0.15) is 0 Å². The Labute approximate surface area is 400 Å². The Kier molecular flexibility index (Phi) is 22.4. The van der Waals surface area contributed by atoms with E-state index in [1.54, 1.807) is 99.6 Å². The molecule has 0 unspecified atom stereocenters. The molecule has 0 saturated carbocycles. The Bertz CT molecular complexity index is 2010. The van der Waals surface area contributed by atoms with Crippen molar-refractivity contribution in [3.63, 3.8) is 0 Å². The maximum Gasteiger partial charge on any atom is 0.407 e. The minimum atomic E-state index is -1.40. The van der Waals surface area contributed by atoms with Crippen LogP contribution >= 0.6 is 0 Å². The number of carbonyl (C=O) groups is 7. The van der Waals surface area contributed by atoms with Crippen molar-refractivity contribution in [2.75, 3.05) is 47.0 Å². The number of nitrogens with zero attached hydrogens (tertiary/aromatic N) is 1. The first kappa shape index (κ1) is 57.8. The molecule has 6 amide bonds. The van der Waals surface area contributed by atoms with E-state index in [4.69, 9.17) is 34.2 Å². The highest BCUT2D eigenvalue weighted by atomic mass is 16.6. The van der Waals surface area contributed by atoms with Crippen molar-refractivity contribution in [3.05, 3.63) is 59.4 Å². The number of hydrogen-bond donors (Lipinski definition) is 6. The summed E-state index contributed by atoms with van der Waals surface area (Å²) in [6, 6.07) is -0.0971. The zero-order chi connectivity index (χ0) is 51.6. The monoisotopic (exact) mass is 958 g/mol. The zero-order valence-electron chi connectivity index (χ0n) is 42.1. The number of allylic oxidation sites excluding steroid dienone is 3. The molecule has 0 spiro atoms. The highest BCUT2D eigenvalue weighted by Crippen LogP contribution is 2.35. The van der Waals surface area contributed by atoms with Crippen LogP contribution in [0.25, 0.3) is 5.57 Å². The number of unbranched alkanes of at least 4 members (excludes halogenated alkanes) is 1. The SMILES string of the molecule is C=C1/C(OCCNC(=O)OC(C)(C)C)=C\C=C(/C)C[C@@H](C(=O)OC)NC(=O)[C@H](C)NC(=O)[C@@H](N(C)C(=O)[C@@H](N)CCCCNC(=O)OC(C)(C)C)c2ccc(OCCNC(=O)OC(C)(C)C)c1c2. The van der Waals surface area contributed by atoms with Gasteiger partial charge in [0.1, 0.15) is 59.7 Å². The van der Waals surface area contributed by atoms with Gasteiger partial charge in [-0.25, -0.2) is 19.2 Å². The summed E-state index contributed by atoms with van der Waals surface area (Å²) in [4.78, 5) is 93.3. The number of likely N-dealkylation sites (N-methyl/N-ethyl adjacent to an activating group) is 1. The first-order valence-electron chi connectivity index (χ1n) is 22.6. The van der Waals surface area contributed by atoms with Crippen LogP contribution in [0, 0.1) is 0 Å². The number of nitrogens with two attached hydrogens (primary N) is 1. The number of amides is 6. The minimum Gasteiger partial charge on any atom is -0.491 e. The second-order valence-corrected chi connectivity index (χ2v) is 19.2. The van der Waals surface area contributed by atoms with Crippen LogP contribution in [0.3, 0.4) is 0 Å². The molecule has 68 heavy (non-hydrogen) atoms. The van der Waals surface area contributed by atoms with Crippen LogP contribution in [0.2, 0.25) is 0 Å². The predicted molar refractivity (Wildman–Crippen MR) is 255 cm³/mol. The molecule has 380 valence electrons. The maximum absolute atomic E-state index is 14.5. The third kappa shape index (κ3) is 21.1. The molecule has 0 aromatic heterocycles. The van der Waals surface area contributed by atoms with E-state index < -0.39 is 82.9 Å². The van der Waals surface area contributed by atoms with Crippen LogP contribution in [0.1, 0.15) is 119 Å². The van der Waals surface area contributed by atoms with Gasteiger partial charge in [0, 0.05) is 24.7 Å². The van der Waals surface area contributed by atoms with E-state index in [9.17, 15) is 33.6 Å². The summed E-state index contributed by atoms with van der Waals surface area (Å²) in [5.74, 6) is -2.37. The second kappa shape index (κ2) is 26.3. The fourth-order valence-electron chi connectivity index (χ4n) is 6.36. The zero-order valence-corrected chi connectivity index (χ0v) is 42.1. The van der Waals surface area contributed by atoms with Crippen molar-refractivity contribution < 1.29 is 62.0 Å². The van der Waals surface area contributed by atoms with Gasteiger partial charge in [0.25, 0.3) is 0 Å². The fraction of sp³-hybridized carbons (Fsp3) is 0.604. The van der Waals surface area contributed by atoms with Gasteiger partial charge in [-0.05, 0) is 126 Å². The third-order valence-corrected chi connectivity index (χ3v) is 9.51. The average Bonchev–Trinajstić information content (AvgIpc) is 3.21. The van der Waals surface area contributed by atoms with Crippen LogP contribution in [0.15, 0.2) is 48.3 Å². The van der Waals surface area contributed by atoms with Crippen molar-refractivity contribution >= 4 is 47.5 Å². The van der Waals surface area contributed by atoms with Gasteiger partial charge in [-0.15, -0.1) is 0 Å². The number of rotatable bonds is 16. The molecule has 7 N–H and O–H groups in total. The largest absolute Gasteiger partial charge is 0.491 e. The molecule has 20 heteroatoms. The van der Waals surface area contributed by atoms with Gasteiger partial charge in [-0.3, -0.25) is 14.4 Å². The van der Waals surface area contributed by atoms with Crippen LogP contribution in [0.5, 0.6) is 5.75 Å². The van der Waals surface area contributed by atoms with E-state index in [2.05, 4.69) is 33.2 Å². The first-order chi connectivity index (χ1) is 31.5. The summed E-state index contributed by atoms with van der Waals surface area (Å²) in [6.07, 6.45) is 2.52. The highest BCUT2D eigenvalue weighted by molar-refractivity contribution is 5.95. The molecular formula is C48H75N7O13. The fourth-order valence-corrected chi connectivity index (χ4v) is 6.36. The van der Waals surface area contributed by atoms with Gasteiger partial charge in [0.2, 0.25) is 17.7 Å². The molecule has 0 aliphatic carbocycles. The number of ether oxygens (including phenoxy) is 6. The molecule has 2 rings (SSSR count). The number of hydrogen-bond acceptors (Lipinski definition) is 14. The molecule has 4 atom stereocenters. The Hall–Kier alpha value is -6.31. The summed E-state index contributed by atoms with van der Waals surface area (Å²) in [7, 11) is 2.59. The van der Waals surface area contributed by atoms with Crippen LogP contribution in [-0.2, 0) is 42.9 Å². The van der Waals surface area contributed by atoms with E-state index in [1.807, 2.05) is 0 Å². The van der Waals surface area contributed by atoms with Gasteiger partial charge in [0.15, 0.2) is 0 Å². The molecule has 1 aromatic carbocycles. The third-order valence-electron chi connectivity index (χ3n) is 9.51. The Morgan fingerprint density at radius 3 is 1.85 bits per heavy atom. The normalized spacial score (nSPS) is 19.2. The van der Waals surface area contributed by atoms with Gasteiger partial charge >= 0.3 is 24.2 Å². The smallest absolute Gasteiger partial charge is 0.407 e. The van der Waals surface area contributed by atoms with Gasteiger partial charge in [0.05, 0.1) is 26.2 Å². The molecule has 2 bridgehead atoms. The number of carbonyl (C=O) groups excluding carboxylic acids is 7. The molecule has 0 saturated heterocycles. The quantitative estimate of drug-likeness (QED) is 0.0719. The molecule has 0 fully saturated rings. The Morgan fingerprint density at radius 2 is 1.32 bits per heavy atom. The van der Waals surface area contributed by atoms with Gasteiger partial charge in [-0.1, -0.05) is 24.3 Å². The molecule has 1 heterocycles. The Balaban J connectivity index is 2.70. The summed E-state index contributed by atoms with van der Waals surface area (Å²) < 4.78 is 33.4. The molecule has 20 nitrogen and oxygen atoms in total. The molecule has 1 aromatic rings. The molecule has 1 aliphatic heterocycles. The summed E-state index contributed by atoms with van der Waals surface area (Å²) >= 11 is 0. The highest BCUT2D eigenvalue weighted by Gasteiger charge is 2.35. The van der Waals surface area contributed by atoms with Crippen molar-refractivity contribution in [3.8, 4) is 5.75 Å². The molecule has 0 radical (unpaired) electrons. The summed E-state index contributed by atoms with van der Waals surface area (Å²) in [5, 5.41) is 13.3. The average molecular weight is 958 g/mol. The molecule has 1 aliphatic rings. The van der Waals surface area contributed by atoms with Crippen molar-refractivity contribution in [2.45, 2.75) is 143 Å². The van der Waals surface area contributed by atoms with Crippen molar-refractivity contribution in [1.29, 1.82) is 0 Å². The van der Waals surface area contributed by atoms with Crippen LogP contribution in [-0.4, -0.2) is 129 Å². The summed E-state index contributed by atoms with van der Waals surface area (Å²) in [5.41, 5.74) is 5.73. The standard InChI is InChI=1S/C48H75N7O13/c1-29-18-20-36(64-25-23-51-44(61)67-47(7,8)9)30(2)33-28-32(19-21-37(33)65-26-24-52-45(62)68-48(10,11)12)38(40(57)53-31(3)39(56)54-35(27-29)42(59)63-14)55(13)41(58)34(49)17-15-16-22-50-43(60)66-46(4,5)6/h18-21,28,31,34-35,38H,2,15-17,22-27,49H2,1,3-14H3,(H,50,60)(H,51,61)(H,52,62)(H,53,57)(H,54,56)/b29-18+,36-20+/t31-,34-,35-,38-/m0/s1. The van der Waals surface area contributed by atoms with E-state index >= 15 is 0 Å². The van der Waals surface area contributed by atoms with Crippen molar-refractivity contribution in [2.24, 2.45) is 5.73 Å². The van der Waals surface area contributed by atoms with Gasteiger partial charge < -0.3 is 65.6 Å². The lowest BCUT2D eigenvalue weighted by molar-refractivity contribution is -0.145.